The number of hydrogen-bond donors (Lipinski definition) is 0. The molecular weight excluding hydrogens is 430 g/mol. The Balaban J connectivity index is 1.51. The molecule has 142 valence electrons. The van der Waals surface area contributed by atoms with Crippen molar-refractivity contribution >= 4 is 73.0 Å². The topological polar surface area (TPSA) is 46.1 Å². The van der Waals surface area contributed by atoms with Crippen LogP contribution in [0.5, 0.6) is 0 Å². The smallest absolute Gasteiger partial charge is 0.230 e. The summed E-state index contributed by atoms with van der Waals surface area (Å²) < 4.78 is 2.10. The molecule has 0 aliphatic carbocycles. The number of thiazole rings is 2. The third-order valence-electron chi connectivity index (χ3n) is 3.98. The molecule has 2 aromatic carbocycles. The fourth-order valence-electron chi connectivity index (χ4n) is 2.74. The molecule has 4 aromatic rings. The van der Waals surface area contributed by atoms with Crippen LogP contribution >= 0.6 is 46.0 Å². The number of anilines is 2. The van der Waals surface area contributed by atoms with E-state index in [1.54, 1.807) is 34.9 Å². The molecule has 0 aliphatic rings. The highest BCUT2D eigenvalue weighted by Crippen LogP contribution is 2.34. The lowest BCUT2D eigenvalue weighted by Crippen LogP contribution is -2.22. The van der Waals surface area contributed by atoms with Crippen molar-refractivity contribution in [1.82, 2.24) is 9.97 Å². The molecule has 2 heterocycles. The minimum absolute atomic E-state index is 0.0535. The number of benzene rings is 2. The van der Waals surface area contributed by atoms with Crippen LogP contribution in [0.1, 0.15) is 18.2 Å². The van der Waals surface area contributed by atoms with Crippen LogP contribution < -0.4 is 4.90 Å². The van der Waals surface area contributed by atoms with Crippen LogP contribution in [0.4, 0.5) is 10.8 Å². The van der Waals surface area contributed by atoms with Gasteiger partial charge in [-0.25, -0.2) is 9.97 Å². The fourth-order valence-corrected chi connectivity index (χ4v) is 5.84. The summed E-state index contributed by atoms with van der Waals surface area (Å²) >= 11 is 10.8. The van der Waals surface area contributed by atoms with E-state index in [0.29, 0.717) is 15.9 Å². The molecule has 0 N–H and O–H groups in total. The largest absolute Gasteiger partial charge is 0.274 e. The Kier molecular flexibility index (Phi) is 5.68. The van der Waals surface area contributed by atoms with Gasteiger partial charge in [0.05, 0.1) is 21.6 Å². The molecule has 0 spiro atoms. The van der Waals surface area contributed by atoms with Crippen LogP contribution in [0, 0.1) is 6.92 Å². The van der Waals surface area contributed by atoms with Gasteiger partial charge in [0.25, 0.3) is 0 Å². The molecule has 4 nitrogen and oxygen atoms in total. The third-order valence-corrected chi connectivity index (χ3v) is 7.30. The Morgan fingerprint density at radius 3 is 2.86 bits per heavy atom. The lowest BCUT2D eigenvalue weighted by molar-refractivity contribution is -0.115. The van der Waals surface area contributed by atoms with Gasteiger partial charge in [-0.2, -0.15) is 0 Å². The van der Waals surface area contributed by atoms with E-state index in [1.807, 2.05) is 54.8 Å². The van der Waals surface area contributed by atoms with Crippen LogP contribution in [0.15, 0.2) is 52.2 Å². The highest BCUT2D eigenvalue weighted by atomic mass is 35.5. The fraction of sp³-hybridized carbons (Fsp3) is 0.150. The van der Waals surface area contributed by atoms with Crippen molar-refractivity contribution in [3.63, 3.8) is 0 Å². The van der Waals surface area contributed by atoms with E-state index in [4.69, 9.17) is 11.6 Å². The van der Waals surface area contributed by atoms with E-state index in [2.05, 4.69) is 9.97 Å². The summed E-state index contributed by atoms with van der Waals surface area (Å²) in [4.78, 5) is 23.2. The van der Waals surface area contributed by atoms with Crippen molar-refractivity contribution in [2.45, 2.75) is 23.9 Å². The quantitative estimate of drug-likeness (QED) is 0.321. The van der Waals surface area contributed by atoms with E-state index in [-0.39, 0.29) is 5.91 Å². The first kappa shape index (κ1) is 19.4. The maximum Gasteiger partial charge on any atom is 0.230 e. The number of thioether (sulfide) groups is 1. The molecule has 0 radical (unpaired) electrons. The molecule has 0 atom stereocenters. The number of nitrogens with zero attached hydrogens (tertiary/aromatic N) is 3. The van der Waals surface area contributed by atoms with Crippen molar-refractivity contribution in [1.29, 1.82) is 0 Å². The SMILES string of the molecule is CC(=O)N(c1cccc(C)c1)c1nc(CSc2nc3cc(Cl)ccc3s2)cs1. The summed E-state index contributed by atoms with van der Waals surface area (Å²) in [6, 6.07) is 13.6. The minimum atomic E-state index is -0.0535. The first-order valence-electron chi connectivity index (χ1n) is 8.50. The molecule has 2 aromatic heterocycles. The van der Waals surface area contributed by atoms with Crippen LogP contribution in [-0.4, -0.2) is 15.9 Å². The van der Waals surface area contributed by atoms with Gasteiger partial charge in [0.2, 0.25) is 5.91 Å². The second kappa shape index (κ2) is 8.21. The molecule has 0 saturated carbocycles. The summed E-state index contributed by atoms with van der Waals surface area (Å²) in [5.41, 5.74) is 3.79. The molecule has 0 unspecified atom stereocenters. The van der Waals surface area contributed by atoms with Gasteiger partial charge in [-0.1, -0.05) is 35.5 Å². The average Bonchev–Trinajstić information content (AvgIpc) is 3.26. The zero-order valence-electron chi connectivity index (χ0n) is 15.2. The van der Waals surface area contributed by atoms with Gasteiger partial charge in [-0.05, 0) is 42.8 Å². The van der Waals surface area contributed by atoms with Gasteiger partial charge >= 0.3 is 0 Å². The Bertz CT molecular complexity index is 1150. The Morgan fingerprint density at radius 1 is 1.21 bits per heavy atom. The second-order valence-corrected chi connectivity index (χ2v) is 9.72. The van der Waals surface area contributed by atoms with Gasteiger partial charge in [0, 0.05) is 23.1 Å². The number of aryl methyl sites for hydroxylation is 1. The van der Waals surface area contributed by atoms with Gasteiger partial charge in [-0.15, -0.1) is 22.7 Å². The molecular formula is C20H16ClN3OS3. The van der Waals surface area contributed by atoms with Crippen LogP contribution in [-0.2, 0) is 10.5 Å². The van der Waals surface area contributed by atoms with Crippen LogP contribution in [0.3, 0.4) is 0 Å². The number of hydrogen-bond acceptors (Lipinski definition) is 6. The summed E-state index contributed by atoms with van der Waals surface area (Å²) in [5.74, 6) is 0.645. The number of carbonyl (C=O) groups is 1. The molecule has 0 fully saturated rings. The second-order valence-electron chi connectivity index (χ2n) is 6.20. The van der Waals surface area contributed by atoms with E-state index >= 15 is 0 Å². The van der Waals surface area contributed by atoms with Crippen molar-refractivity contribution in [3.8, 4) is 0 Å². The van der Waals surface area contributed by atoms with Gasteiger partial charge < -0.3 is 0 Å². The van der Waals surface area contributed by atoms with E-state index in [9.17, 15) is 4.79 Å². The number of amides is 1. The van der Waals surface area contributed by atoms with Crippen molar-refractivity contribution in [2.24, 2.45) is 0 Å². The van der Waals surface area contributed by atoms with E-state index < -0.39 is 0 Å². The van der Waals surface area contributed by atoms with Gasteiger partial charge in [-0.3, -0.25) is 9.69 Å². The summed E-state index contributed by atoms with van der Waals surface area (Å²) in [5, 5.41) is 3.38. The predicted molar refractivity (Wildman–Crippen MR) is 120 cm³/mol. The molecule has 0 bridgehead atoms. The zero-order valence-corrected chi connectivity index (χ0v) is 18.4. The van der Waals surface area contributed by atoms with E-state index in [0.717, 1.165) is 31.5 Å². The predicted octanol–water partition coefficient (Wildman–Crippen LogP) is 6.69. The maximum absolute atomic E-state index is 12.2. The van der Waals surface area contributed by atoms with Crippen LogP contribution in [0.25, 0.3) is 10.2 Å². The number of halogens is 1. The molecule has 1 amide bonds. The lowest BCUT2D eigenvalue weighted by atomic mass is 10.2. The minimum Gasteiger partial charge on any atom is -0.274 e. The van der Waals surface area contributed by atoms with Crippen molar-refractivity contribution < 1.29 is 4.79 Å². The van der Waals surface area contributed by atoms with Gasteiger partial charge in [0.15, 0.2) is 9.47 Å². The first-order valence-corrected chi connectivity index (χ1v) is 11.6. The maximum atomic E-state index is 12.2. The van der Waals surface area contributed by atoms with Crippen molar-refractivity contribution in [3.05, 3.63) is 64.1 Å². The monoisotopic (exact) mass is 445 g/mol. The number of aromatic nitrogens is 2. The third kappa shape index (κ3) is 4.22. The summed E-state index contributed by atoms with van der Waals surface area (Å²) in [6.07, 6.45) is 0. The molecule has 0 saturated heterocycles. The average molecular weight is 446 g/mol. The first-order chi connectivity index (χ1) is 13.5. The van der Waals surface area contributed by atoms with Gasteiger partial charge in [0.1, 0.15) is 0 Å². The number of fused-ring (bicyclic) bond motifs is 1. The Hall–Kier alpha value is -1.93. The molecule has 4 rings (SSSR count). The van der Waals surface area contributed by atoms with Crippen molar-refractivity contribution in [2.75, 3.05) is 4.90 Å². The van der Waals surface area contributed by atoms with E-state index in [1.165, 1.54) is 11.3 Å². The molecule has 0 aliphatic heterocycles. The highest BCUT2D eigenvalue weighted by Gasteiger charge is 2.18. The Labute approximate surface area is 180 Å². The number of rotatable bonds is 5. The highest BCUT2D eigenvalue weighted by molar-refractivity contribution is 8.00. The lowest BCUT2D eigenvalue weighted by Gasteiger charge is -2.18. The zero-order chi connectivity index (χ0) is 19.7. The molecule has 28 heavy (non-hydrogen) atoms. The summed E-state index contributed by atoms with van der Waals surface area (Å²) in [6.45, 7) is 3.57. The van der Waals surface area contributed by atoms with Crippen LogP contribution in [0.2, 0.25) is 5.02 Å². The molecule has 8 heteroatoms. The normalized spacial score (nSPS) is 11.1. The number of carbonyl (C=O) groups excluding carboxylic acids is 1. The Morgan fingerprint density at radius 2 is 2.07 bits per heavy atom. The summed E-state index contributed by atoms with van der Waals surface area (Å²) in [7, 11) is 0. The standard InChI is InChI=1S/C20H16ClN3OS3/c1-12-4-3-5-16(8-12)24(13(2)25)19-22-15(10-26-19)11-27-20-23-17-9-14(21)6-7-18(17)28-20/h3-10H,11H2,1-2H3.